The number of hydrogen-bond donors (Lipinski definition) is 1. The molecule has 0 aliphatic carbocycles. The minimum Gasteiger partial charge on any atom is -0.507 e. The number of rotatable bonds is 5. The summed E-state index contributed by atoms with van der Waals surface area (Å²) in [4.78, 5) is 42.8. The summed E-state index contributed by atoms with van der Waals surface area (Å²) in [5.41, 5.74) is 0.560. The van der Waals surface area contributed by atoms with Crippen molar-refractivity contribution in [2.45, 2.75) is 18.9 Å². The lowest BCUT2D eigenvalue weighted by Gasteiger charge is -2.34. The van der Waals surface area contributed by atoms with Crippen LogP contribution in [0.15, 0.2) is 54.1 Å². The standard InChI is InChI=1S/C24H24N2O5/c1-15-9-11-16(12-10-15)20(27)19-21(28)22(29)26(13-6-14-31-3)24(19)17-7-4-5-8-18(17)25(2)23(24)30/h4-5,7-12,27H,6,13-14H2,1-3H3/t24-/m0/s1. The first kappa shape index (κ1) is 20.8. The molecule has 2 aliphatic heterocycles. The highest BCUT2D eigenvalue weighted by Gasteiger charge is 2.66. The van der Waals surface area contributed by atoms with Crippen LogP contribution in [0, 0.1) is 6.92 Å². The van der Waals surface area contributed by atoms with E-state index < -0.39 is 23.1 Å². The highest BCUT2D eigenvalue weighted by Crippen LogP contribution is 2.53. The van der Waals surface area contributed by atoms with Gasteiger partial charge in [-0.2, -0.15) is 0 Å². The average Bonchev–Trinajstić information content (AvgIpc) is 3.13. The molecule has 1 spiro atoms. The molecule has 0 unspecified atom stereocenters. The van der Waals surface area contributed by atoms with Gasteiger partial charge in [-0.3, -0.25) is 14.4 Å². The van der Waals surface area contributed by atoms with E-state index in [2.05, 4.69) is 0 Å². The van der Waals surface area contributed by atoms with Crippen molar-refractivity contribution in [3.63, 3.8) is 0 Å². The van der Waals surface area contributed by atoms with E-state index in [0.29, 0.717) is 29.8 Å². The number of fused-ring (bicyclic) bond motifs is 2. The van der Waals surface area contributed by atoms with Crippen molar-refractivity contribution in [2.75, 3.05) is 32.2 Å². The van der Waals surface area contributed by atoms with Crippen molar-refractivity contribution >= 4 is 29.0 Å². The van der Waals surface area contributed by atoms with Crippen LogP contribution >= 0.6 is 0 Å². The van der Waals surface area contributed by atoms with Gasteiger partial charge in [0.05, 0.1) is 5.57 Å². The van der Waals surface area contributed by atoms with Gasteiger partial charge in [0.2, 0.25) is 0 Å². The summed E-state index contributed by atoms with van der Waals surface area (Å²) in [6.07, 6.45) is 0.439. The van der Waals surface area contributed by atoms with Crippen LogP contribution in [0.2, 0.25) is 0 Å². The number of aryl methyl sites for hydroxylation is 1. The van der Waals surface area contributed by atoms with Gasteiger partial charge in [-0.05, 0) is 19.4 Å². The molecule has 1 fully saturated rings. The first-order valence-corrected chi connectivity index (χ1v) is 10.1. The summed E-state index contributed by atoms with van der Waals surface area (Å²) in [7, 11) is 3.15. The van der Waals surface area contributed by atoms with Gasteiger partial charge in [0, 0.05) is 44.1 Å². The van der Waals surface area contributed by atoms with Crippen LogP contribution in [0.4, 0.5) is 5.69 Å². The SMILES string of the molecule is COCCCN1C(=O)C(=O)C(=C(O)c2ccc(C)cc2)[C@@]12C(=O)N(C)c1ccccc12. The Morgan fingerprint density at radius 3 is 2.42 bits per heavy atom. The van der Waals surface area contributed by atoms with Crippen LogP contribution in [-0.4, -0.2) is 54.9 Å². The fraction of sp³-hybridized carbons (Fsp3) is 0.292. The monoisotopic (exact) mass is 420 g/mol. The van der Waals surface area contributed by atoms with Crippen molar-refractivity contribution in [1.29, 1.82) is 0 Å². The maximum absolute atomic E-state index is 13.7. The Kier molecular flexibility index (Phi) is 5.15. The largest absolute Gasteiger partial charge is 0.507 e. The zero-order valence-corrected chi connectivity index (χ0v) is 17.7. The van der Waals surface area contributed by atoms with E-state index in [1.54, 1.807) is 62.7 Å². The number of likely N-dealkylation sites (tertiary alicyclic amines) is 1. The summed E-state index contributed by atoms with van der Waals surface area (Å²) in [5, 5.41) is 11.2. The first-order valence-electron chi connectivity index (χ1n) is 10.1. The number of likely N-dealkylation sites (N-methyl/N-ethyl adjacent to an activating group) is 1. The maximum atomic E-state index is 13.7. The molecule has 31 heavy (non-hydrogen) atoms. The summed E-state index contributed by atoms with van der Waals surface area (Å²) >= 11 is 0. The molecule has 160 valence electrons. The zero-order valence-electron chi connectivity index (χ0n) is 17.7. The molecule has 2 amide bonds. The number of carbonyl (C=O) groups is 3. The molecule has 1 N–H and O–H groups in total. The van der Waals surface area contributed by atoms with Crippen LogP contribution in [0.3, 0.4) is 0 Å². The molecular formula is C24H24N2O5. The van der Waals surface area contributed by atoms with Gasteiger partial charge in [0.1, 0.15) is 5.76 Å². The lowest BCUT2D eigenvalue weighted by atomic mass is 9.82. The molecule has 0 aromatic heterocycles. The Balaban J connectivity index is 2.01. The summed E-state index contributed by atoms with van der Waals surface area (Å²) in [6, 6.07) is 14.0. The Morgan fingerprint density at radius 2 is 1.74 bits per heavy atom. The van der Waals surface area contributed by atoms with Crippen molar-refractivity contribution in [1.82, 2.24) is 4.90 Å². The van der Waals surface area contributed by atoms with Crippen LogP contribution in [0.1, 0.15) is 23.1 Å². The number of amides is 2. The Morgan fingerprint density at radius 1 is 1.06 bits per heavy atom. The van der Waals surface area contributed by atoms with Crippen LogP contribution in [0.25, 0.3) is 5.76 Å². The van der Waals surface area contributed by atoms with Gasteiger partial charge in [-0.15, -0.1) is 0 Å². The number of carbonyl (C=O) groups excluding carboxylic acids is 3. The minimum absolute atomic E-state index is 0.136. The summed E-state index contributed by atoms with van der Waals surface area (Å²) in [5.74, 6) is -2.47. The summed E-state index contributed by atoms with van der Waals surface area (Å²) in [6.45, 7) is 2.41. The zero-order chi connectivity index (χ0) is 22.3. The van der Waals surface area contributed by atoms with E-state index in [9.17, 15) is 19.5 Å². The molecule has 1 atom stereocenters. The Hall–Kier alpha value is -3.45. The minimum atomic E-state index is -1.71. The number of anilines is 1. The second-order valence-electron chi connectivity index (χ2n) is 7.81. The third-order valence-electron chi connectivity index (χ3n) is 5.99. The number of para-hydroxylation sites is 1. The van der Waals surface area contributed by atoms with Crippen LogP contribution < -0.4 is 4.90 Å². The molecule has 4 rings (SSSR count). The quantitative estimate of drug-likeness (QED) is 0.348. The van der Waals surface area contributed by atoms with Gasteiger partial charge in [0.15, 0.2) is 5.54 Å². The number of nitrogens with zero attached hydrogens (tertiary/aromatic N) is 2. The van der Waals surface area contributed by atoms with E-state index in [1.165, 1.54) is 9.80 Å². The summed E-state index contributed by atoms with van der Waals surface area (Å²) < 4.78 is 5.11. The molecule has 7 heteroatoms. The number of benzene rings is 2. The van der Waals surface area contributed by atoms with Gasteiger partial charge in [-0.1, -0.05) is 48.0 Å². The highest BCUT2D eigenvalue weighted by atomic mass is 16.5. The van der Waals surface area contributed by atoms with E-state index in [1.807, 2.05) is 6.92 Å². The smallest absolute Gasteiger partial charge is 0.296 e. The van der Waals surface area contributed by atoms with Crippen molar-refractivity contribution in [3.05, 3.63) is 70.8 Å². The van der Waals surface area contributed by atoms with E-state index in [4.69, 9.17) is 4.74 Å². The van der Waals surface area contributed by atoms with Gasteiger partial charge < -0.3 is 19.6 Å². The topological polar surface area (TPSA) is 87.1 Å². The molecule has 2 aliphatic rings. The Labute approximate surface area is 180 Å². The number of ketones is 1. The van der Waals surface area contributed by atoms with Crippen LogP contribution in [-0.2, 0) is 24.7 Å². The number of ether oxygens (including phenoxy) is 1. The predicted octanol–water partition coefficient (Wildman–Crippen LogP) is 2.58. The fourth-order valence-corrected chi connectivity index (χ4v) is 4.49. The molecule has 2 heterocycles. The van der Waals surface area contributed by atoms with Crippen molar-refractivity contribution < 1.29 is 24.2 Å². The lowest BCUT2D eigenvalue weighted by Crippen LogP contribution is -2.51. The molecule has 0 saturated carbocycles. The fourth-order valence-electron chi connectivity index (χ4n) is 4.49. The Bertz CT molecular complexity index is 1110. The predicted molar refractivity (Wildman–Crippen MR) is 115 cm³/mol. The molecule has 0 bridgehead atoms. The number of hydrogen-bond acceptors (Lipinski definition) is 5. The second kappa shape index (κ2) is 7.67. The van der Waals surface area contributed by atoms with Gasteiger partial charge in [-0.25, -0.2) is 0 Å². The highest BCUT2D eigenvalue weighted by molar-refractivity contribution is 6.50. The normalized spacial score (nSPS) is 22.0. The van der Waals surface area contributed by atoms with Gasteiger partial charge >= 0.3 is 0 Å². The molecule has 0 radical (unpaired) electrons. The molecular weight excluding hydrogens is 396 g/mol. The maximum Gasteiger partial charge on any atom is 0.296 e. The number of aliphatic hydroxyl groups is 1. The second-order valence-corrected chi connectivity index (χ2v) is 7.81. The number of aliphatic hydroxyl groups excluding tert-OH is 1. The third kappa shape index (κ3) is 2.88. The third-order valence-corrected chi connectivity index (χ3v) is 5.99. The average molecular weight is 420 g/mol. The van der Waals surface area contributed by atoms with Crippen molar-refractivity contribution in [2.24, 2.45) is 0 Å². The van der Waals surface area contributed by atoms with E-state index >= 15 is 0 Å². The number of Topliss-reactive ketones (excluding diaryl/α,β-unsaturated/α-hetero) is 1. The molecule has 7 nitrogen and oxygen atoms in total. The molecule has 2 aromatic rings. The van der Waals surface area contributed by atoms with Crippen LogP contribution in [0.5, 0.6) is 0 Å². The van der Waals surface area contributed by atoms with Crippen molar-refractivity contribution in [3.8, 4) is 0 Å². The van der Waals surface area contributed by atoms with Gasteiger partial charge in [0.25, 0.3) is 17.6 Å². The first-order chi connectivity index (χ1) is 14.9. The van der Waals surface area contributed by atoms with E-state index in [-0.39, 0.29) is 17.9 Å². The number of methoxy groups -OCH3 is 1. The molecule has 2 aromatic carbocycles. The van der Waals surface area contributed by atoms with E-state index in [0.717, 1.165) is 5.56 Å². The molecule has 1 saturated heterocycles. The lowest BCUT2D eigenvalue weighted by molar-refractivity contribution is -0.143.